The van der Waals surface area contributed by atoms with E-state index in [4.69, 9.17) is 30.5 Å². The van der Waals surface area contributed by atoms with Crippen molar-refractivity contribution >= 4 is 29.4 Å². The van der Waals surface area contributed by atoms with Crippen LogP contribution in [0.3, 0.4) is 0 Å². The summed E-state index contributed by atoms with van der Waals surface area (Å²) >= 11 is 6.10. The van der Waals surface area contributed by atoms with Crippen LogP contribution in [0.25, 0.3) is 6.08 Å². The molecular formula is C20H18ClFO6. The molecule has 2 aromatic carbocycles. The number of hydrogen-bond acceptors (Lipinski definition) is 6. The average molecular weight is 409 g/mol. The fraction of sp³-hybridized carbons (Fsp3) is 0.200. The molecule has 2 rings (SSSR count). The van der Waals surface area contributed by atoms with Gasteiger partial charge in [-0.25, -0.2) is 9.18 Å². The molecule has 0 radical (unpaired) electrons. The number of methoxy groups -OCH3 is 3. The van der Waals surface area contributed by atoms with Crippen LogP contribution in [-0.4, -0.2) is 39.7 Å². The summed E-state index contributed by atoms with van der Waals surface area (Å²) in [6, 6.07) is 6.72. The van der Waals surface area contributed by atoms with Gasteiger partial charge in [-0.2, -0.15) is 0 Å². The number of esters is 1. The lowest BCUT2D eigenvalue weighted by Crippen LogP contribution is -2.13. The summed E-state index contributed by atoms with van der Waals surface area (Å²) < 4.78 is 33.6. The smallest absolute Gasteiger partial charge is 0.331 e. The van der Waals surface area contributed by atoms with Gasteiger partial charge in [0.1, 0.15) is 11.6 Å². The summed E-state index contributed by atoms with van der Waals surface area (Å²) in [6.45, 7) is -0.560. The molecule has 0 saturated carbocycles. The van der Waals surface area contributed by atoms with Gasteiger partial charge in [-0.15, -0.1) is 0 Å². The Morgan fingerprint density at radius 3 is 2.39 bits per heavy atom. The molecule has 28 heavy (non-hydrogen) atoms. The highest BCUT2D eigenvalue weighted by atomic mass is 35.5. The van der Waals surface area contributed by atoms with Crippen LogP contribution in [0.5, 0.6) is 17.2 Å². The van der Waals surface area contributed by atoms with Crippen LogP contribution in [0.1, 0.15) is 15.9 Å². The van der Waals surface area contributed by atoms with Gasteiger partial charge in [0.2, 0.25) is 5.78 Å². The van der Waals surface area contributed by atoms with Crippen molar-refractivity contribution in [3.05, 3.63) is 58.4 Å². The molecule has 2 aromatic rings. The maximum Gasteiger partial charge on any atom is 0.331 e. The number of halogens is 2. The normalized spacial score (nSPS) is 10.6. The lowest BCUT2D eigenvalue weighted by molar-refractivity contribution is -0.136. The average Bonchev–Trinajstić information content (AvgIpc) is 2.69. The third-order valence-electron chi connectivity index (χ3n) is 3.68. The number of ether oxygens (including phenoxy) is 4. The zero-order valence-corrected chi connectivity index (χ0v) is 16.2. The first-order valence-electron chi connectivity index (χ1n) is 8.02. The Balaban J connectivity index is 2.04. The minimum Gasteiger partial charge on any atom is -0.496 e. The maximum absolute atomic E-state index is 13.3. The maximum atomic E-state index is 13.3. The molecule has 0 aliphatic carbocycles. The van der Waals surface area contributed by atoms with E-state index >= 15 is 0 Å². The minimum absolute atomic E-state index is 0.00838. The highest BCUT2D eigenvalue weighted by molar-refractivity contribution is 6.32. The molecule has 0 heterocycles. The van der Waals surface area contributed by atoms with Crippen LogP contribution in [0.4, 0.5) is 4.39 Å². The number of carbonyl (C=O) groups is 2. The van der Waals surface area contributed by atoms with Crippen LogP contribution in [0.2, 0.25) is 5.02 Å². The Morgan fingerprint density at radius 1 is 1.04 bits per heavy atom. The van der Waals surface area contributed by atoms with Crippen molar-refractivity contribution in [3.63, 3.8) is 0 Å². The summed E-state index contributed by atoms with van der Waals surface area (Å²) in [5.41, 5.74) is 0.559. The van der Waals surface area contributed by atoms with Gasteiger partial charge >= 0.3 is 5.97 Å². The third kappa shape index (κ3) is 5.23. The van der Waals surface area contributed by atoms with Crippen LogP contribution in [-0.2, 0) is 9.53 Å². The predicted octanol–water partition coefficient (Wildman–Crippen LogP) is 3.94. The molecule has 0 aromatic heterocycles. The standard InChI is InChI=1S/C20H18ClFO6/c1-25-17-6-5-13(22)10-14(17)16(23)11-28-19(24)7-4-12-8-15(21)20(27-3)18(9-12)26-2/h4-10H,11H2,1-3H3/b7-4+. The van der Waals surface area contributed by atoms with Crippen molar-refractivity contribution in [2.24, 2.45) is 0 Å². The van der Waals surface area contributed by atoms with Gasteiger partial charge in [-0.1, -0.05) is 11.6 Å². The monoisotopic (exact) mass is 408 g/mol. The van der Waals surface area contributed by atoms with Gasteiger partial charge < -0.3 is 18.9 Å². The van der Waals surface area contributed by atoms with Crippen molar-refractivity contribution < 1.29 is 32.9 Å². The van der Waals surface area contributed by atoms with E-state index in [1.54, 1.807) is 12.1 Å². The van der Waals surface area contributed by atoms with E-state index in [0.717, 1.165) is 12.1 Å². The zero-order valence-electron chi connectivity index (χ0n) is 15.5. The first-order valence-corrected chi connectivity index (χ1v) is 8.40. The minimum atomic E-state index is -0.755. The van der Waals surface area contributed by atoms with Crippen LogP contribution in [0, 0.1) is 5.82 Å². The van der Waals surface area contributed by atoms with Crippen molar-refractivity contribution in [2.75, 3.05) is 27.9 Å². The number of carbonyl (C=O) groups excluding carboxylic acids is 2. The highest BCUT2D eigenvalue weighted by Gasteiger charge is 2.15. The molecule has 0 spiro atoms. The summed E-state index contributed by atoms with van der Waals surface area (Å²) in [4.78, 5) is 24.0. The molecule has 0 saturated heterocycles. The number of rotatable bonds is 8. The van der Waals surface area contributed by atoms with Gasteiger partial charge in [0.25, 0.3) is 0 Å². The van der Waals surface area contributed by atoms with E-state index in [2.05, 4.69) is 0 Å². The SMILES string of the molecule is COc1ccc(F)cc1C(=O)COC(=O)/C=C/c1cc(Cl)c(OC)c(OC)c1. The first-order chi connectivity index (χ1) is 13.4. The van der Waals surface area contributed by atoms with E-state index in [0.29, 0.717) is 22.1 Å². The van der Waals surface area contributed by atoms with Crippen LogP contribution < -0.4 is 14.2 Å². The fourth-order valence-corrected chi connectivity index (χ4v) is 2.66. The van der Waals surface area contributed by atoms with Crippen LogP contribution in [0.15, 0.2) is 36.4 Å². The largest absolute Gasteiger partial charge is 0.496 e. The summed E-state index contributed by atoms with van der Waals surface area (Å²) in [5, 5.41) is 0.309. The van der Waals surface area contributed by atoms with E-state index in [1.165, 1.54) is 39.5 Å². The molecule has 0 aliphatic rings. The molecule has 0 atom stereocenters. The van der Waals surface area contributed by atoms with Gasteiger partial charge in [0.05, 0.1) is 31.9 Å². The Morgan fingerprint density at radius 2 is 1.75 bits per heavy atom. The molecule has 0 bridgehead atoms. The van der Waals surface area contributed by atoms with Crippen molar-refractivity contribution in [1.29, 1.82) is 0 Å². The van der Waals surface area contributed by atoms with Gasteiger partial charge in [-0.05, 0) is 42.0 Å². The lowest BCUT2D eigenvalue weighted by Gasteiger charge is -2.10. The molecule has 0 amide bonds. The van der Waals surface area contributed by atoms with E-state index in [1.807, 2.05) is 0 Å². The van der Waals surface area contributed by atoms with Gasteiger partial charge in [0, 0.05) is 6.08 Å². The summed E-state index contributed by atoms with van der Waals surface area (Å²) in [5.74, 6) is -0.976. The number of ketones is 1. The molecule has 0 N–H and O–H groups in total. The first kappa shape index (κ1) is 21.2. The molecule has 8 heteroatoms. The second kappa shape index (κ2) is 9.75. The van der Waals surface area contributed by atoms with E-state index in [9.17, 15) is 14.0 Å². The zero-order chi connectivity index (χ0) is 20.7. The van der Waals surface area contributed by atoms with Crippen molar-refractivity contribution in [2.45, 2.75) is 0 Å². The molecular weight excluding hydrogens is 391 g/mol. The Hall–Kier alpha value is -3.06. The second-order valence-electron chi connectivity index (χ2n) is 5.45. The van der Waals surface area contributed by atoms with Gasteiger partial charge in [0.15, 0.2) is 18.1 Å². The van der Waals surface area contributed by atoms with Crippen LogP contribution >= 0.6 is 11.6 Å². The molecule has 6 nitrogen and oxygen atoms in total. The van der Waals surface area contributed by atoms with Gasteiger partial charge in [-0.3, -0.25) is 4.79 Å². The molecule has 0 fully saturated rings. The Labute approximate surface area is 166 Å². The number of hydrogen-bond donors (Lipinski definition) is 0. The topological polar surface area (TPSA) is 71.1 Å². The molecule has 0 unspecified atom stereocenters. The highest BCUT2D eigenvalue weighted by Crippen LogP contribution is 2.36. The Bertz CT molecular complexity index is 910. The fourth-order valence-electron chi connectivity index (χ4n) is 2.36. The van der Waals surface area contributed by atoms with Crippen molar-refractivity contribution in [3.8, 4) is 17.2 Å². The predicted molar refractivity (Wildman–Crippen MR) is 102 cm³/mol. The molecule has 0 aliphatic heterocycles. The third-order valence-corrected chi connectivity index (χ3v) is 3.96. The van der Waals surface area contributed by atoms with E-state index in [-0.39, 0.29) is 11.3 Å². The second-order valence-corrected chi connectivity index (χ2v) is 5.85. The summed E-state index contributed by atoms with van der Waals surface area (Å²) in [6.07, 6.45) is 2.58. The Kier molecular flexibility index (Phi) is 7.40. The van der Waals surface area contributed by atoms with E-state index < -0.39 is 24.2 Å². The number of Topliss-reactive ketones (excluding diaryl/α,β-unsaturated/α-hetero) is 1. The number of benzene rings is 2. The lowest BCUT2D eigenvalue weighted by atomic mass is 10.1. The summed E-state index contributed by atoms with van der Waals surface area (Å²) in [7, 11) is 4.27. The van der Waals surface area contributed by atoms with Crippen molar-refractivity contribution in [1.82, 2.24) is 0 Å². The quantitative estimate of drug-likeness (QED) is 0.374. The molecule has 148 valence electrons.